The molecule has 1 heterocycles. The van der Waals surface area contributed by atoms with Crippen LogP contribution in [0.25, 0.3) is 16.7 Å². The van der Waals surface area contributed by atoms with E-state index >= 15 is 0 Å². The van der Waals surface area contributed by atoms with Crippen LogP contribution in [0.1, 0.15) is 11.4 Å². The first-order chi connectivity index (χ1) is 10.1. The summed E-state index contributed by atoms with van der Waals surface area (Å²) in [5.74, 6) is 0.910. The van der Waals surface area contributed by atoms with Crippen LogP contribution in [-0.4, -0.2) is 9.55 Å². The molecule has 3 nitrogen and oxygen atoms in total. The molecule has 0 saturated carbocycles. The van der Waals surface area contributed by atoms with Crippen molar-refractivity contribution in [1.82, 2.24) is 9.55 Å². The number of nitriles is 1. The molecule has 0 aliphatic rings. The standard InChI is InChI=1S/C15H8BrCl2N3/c16-10-2-1-9(8-19)13(5-10)21-14-6-11(18)3-4-12(14)20-15(21)7-17/h1-6H,7H2. The highest BCUT2D eigenvalue weighted by Gasteiger charge is 2.15. The fraction of sp³-hybridized carbons (Fsp3) is 0.0667. The number of imidazole rings is 1. The van der Waals surface area contributed by atoms with Crippen molar-refractivity contribution in [2.75, 3.05) is 0 Å². The lowest BCUT2D eigenvalue weighted by molar-refractivity contribution is 0.977. The van der Waals surface area contributed by atoms with E-state index in [2.05, 4.69) is 27.0 Å². The van der Waals surface area contributed by atoms with Crippen molar-refractivity contribution in [1.29, 1.82) is 5.26 Å². The van der Waals surface area contributed by atoms with Gasteiger partial charge in [-0.15, -0.1) is 11.6 Å². The van der Waals surface area contributed by atoms with Crippen molar-refractivity contribution >= 4 is 50.2 Å². The van der Waals surface area contributed by atoms with Crippen LogP contribution in [0.15, 0.2) is 40.9 Å². The Morgan fingerprint density at radius 2 is 2.05 bits per heavy atom. The summed E-state index contributed by atoms with van der Waals surface area (Å²) >= 11 is 15.5. The summed E-state index contributed by atoms with van der Waals surface area (Å²) in [6.07, 6.45) is 0. The van der Waals surface area contributed by atoms with Crippen LogP contribution in [0.5, 0.6) is 0 Å². The largest absolute Gasteiger partial charge is 0.294 e. The van der Waals surface area contributed by atoms with Gasteiger partial charge in [0, 0.05) is 9.50 Å². The van der Waals surface area contributed by atoms with Crippen LogP contribution < -0.4 is 0 Å². The van der Waals surface area contributed by atoms with E-state index in [0.717, 1.165) is 21.2 Å². The summed E-state index contributed by atoms with van der Waals surface area (Å²) in [4.78, 5) is 4.50. The Labute approximate surface area is 139 Å². The highest BCUT2D eigenvalue weighted by molar-refractivity contribution is 9.10. The van der Waals surface area contributed by atoms with Crippen molar-refractivity contribution in [2.24, 2.45) is 0 Å². The number of benzene rings is 2. The first kappa shape index (κ1) is 14.4. The van der Waals surface area contributed by atoms with Gasteiger partial charge in [0.25, 0.3) is 0 Å². The highest BCUT2D eigenvalue weighted by atomic mass is 79.9. The average Bonchev–Trinajstić information content (AvgIpc) is 2.84. The van der Waals surface area contributed by atoms with Crippen LogP contribution in [0, 0.1) is 11.3 Å². The van der Waals surface area contributed by atoms with E-state index in [0.29, 0.717) is 16.4 Å². The second-order valence-electron chi connectivity index (χ2n) is 4.40. The molecule has 0 fully saturated rings. The maximum Gasteiger partial charge on any atom is 0.129 e. The lowest BCUT2D eigenvalue weighted by Crippen LogP contribution is -2.02. The molecule has 0 aliphatic carbocycles. The van der Waals surface area contributed by atoms with Crippen LogP contribution in [0.3, 0.4) is 0 Å². The number of nitrogens with zero attached hydrogens (tertiary/aromatic N) is 3. The number of alkyl halides is 1. The van der Waals surface area contributed by atoms with Crippen LogP contribution in [0.2, 0.25) is 5.02 Å². The first-order valence-corrected chi connectivity index (χ1v) is 7.77. The van der Waals surface area contributed by atoms with E-state index in [1.807, 2.05) is 28.8 Å². The van der Waals surface area contributed by atoms with E-state index < -0.39 is 0 Å². The molecule has 21 heavy (non-hydrogen) atoms. The van der Waals surface area contributed by atoms with Crippen LogP contribution >= 0.6 is 39.1 Å². The van der Waals surface area contributed by atoms with Gasteiger partial charge in [0.05, 0.1) is 28.2 Å². The second kappa shape index (κ2) is 5.69. The van der Waals surface area contributed by atoms with Gasteiger partial charge in [-0.05, 0) is 36.4 Å². The van der Waals surface area contributed by atoms with Gasteiger partial charge in [-0.2, -0.15) is 5.26 Å². The fourth-order valence-electron chi connectivity index (χ4n) is 2.24. The molecule has 0 bridgehead atoms. The lowest BCUT2D eigenvalue weighted by atomic mass is 10.2. The molecular weight excluding hydrogens is 373 g/mol. The molecule has 0 atom stereocenters. The molecule has 3 rings (SSSR count). The third kappa shape index (κ3) is 2.53. The van der Waals surface area contributed by atoms with Crippen LogP contribution in [0.4, 0.5) is 0 Å². The number of aromatic nitrogens is 2. The van der Waals surface area contributed by atoms with E-state index in [9.17, 15) is 5.26 Å². The smallest absolute Gasteiger partial charge is 0.129 e. The van der Waals surface area contributed by atoms with Gasteiger partial charge in [0.15, 0.2) is 0 Å². The van der Waals surface area contributed by atoms with Gasteiger partial charge in [-0.3, -0.25) is 4.57 Å². The van der Waals surface area contributed by atoms with Crippen molar-refractivity contribution in [3.8, 4) is 11.8 Å². The predicted octanol–water partition coefficient (Wildman–Crippen LogP) is 5.05. The molecule has 0 amide bonds. The Balaban J connectivity index is 2.41. The molecule has 6 heteroatoms. The van der Waals surface area contributed by atoms with Crippen molar-refractivity contribution in [3.05, 3.63) is 57.3 Å². The fourth-order valence-corrected chi connectivity index (χ4v) is 2.94. The minimum absolute atomic E-state index is 0.240. The molecule has 1 aromatic heterocycles. The zero-order valence-corrected chi connectivity index (χ0v) is 13.7. The minimum Gasteiger partial charge on any atom is -0.294 e. The lowest BCUT2D eigenvalue weighted by Gasteiger charge is -2.10. The van der Waals surface area contributed by atoms with Gasteiger partial charge in [0.2, 0.25) is 0 Å². The number of halogens is 3. The molecule has 0 spiro atoms. The van der Waals surface area contributed by atoms with Crippen molar-refractivity contribution in [3.63, 3.8) is 0 Å². The Morgan fingerprint density at radius 1 is 1.24 bits per heavy atom. The molecule has 0 unspecified atom stereocenters. The second-order valence-corrected chi connectivity index (χ2v) is 6.02. The highest BCUT2D eigenvalue weighted by Crippen LogP contribution is 2.28. The van der Waals surface area contributed by atoms with Gasteiger partial charge >= 0.3 is 0 Å². The number of hydrogen-bond acceptors (Lipinski definition) is 2. The van der Waals surface area contributed by atoms with Crippen molar-refractivity contribution in [2.45, 2.75) is 5.88 Å². The third-order valence-electron chi connectivity index (χ3n) is 3.13. The summed E-state index contributed by atoms with van der Waals surface area (Å²) in [6, 6.07) is 13.1. The van der Waals surface area contributed by atoms with Gasteiger partial charge < -0.3 is 0 Å². The topological polar surface area (TPSA) is 41.6 Å². The summed E-state index contributed by atoms with van der Waals surface area (Å²) in [5, 5.41) is 9.95. The Morgan fingerprint density at radius 3 is 2.76 bits per heavy atom. The van der Waals surface area contributed by atoms with Gasteiger partial charge in [0.1, 0.15) is 11.9 Å². The van der Waals surface area contributed by atoms with Crippen molar-refractivity contribution < 1.29 is 0 Å². The van der Waals surface area contributed by atoms with E-state index in [1.54, 1.807) is 12.1 Å². The predicted molar refractivity (Wildman–Crippen MR) is 88.1 cm³/mol. The average molecular weight is 381 g/mol. The van der Waals surface area contributed by atoms with Crippen LogP contribution in [-0.2, 0) is 5.88 Å². The zero-order chi connectivity index (χ0) is 15.0. The number of fused-ring (bicyclic) bond motifs is 1. The maximum atomic E-state index is 9.34. The summed E-state index contributed by atoms with van der Waals surface area (Å²) in [7, 11) is 0. The Bertz CT molecular complexity index is 880. The molecule has 0 radical (unpaired) electrons. The number of hydrogen-bond donors (Lipinski definition) is 0. The third-order valence-corrected chi connectivity index (χ3v) is 4.09. The Hall–Kier alpha value is -1.54. The SMILES string of the molecule is N#Cc1ccc(Br)cc1-n1c(CCl)nc2ccc(Cl)cc21. The molecule has 0 saturated heterocycles. The molecule has 104 valence electrons. The normalized spacial score (nSPS) is 10.8. The summed E-state index contributed by atoms with van der Waals surface area (Å²) < 4.78 is 2.75. The van der Waals surface area contributed by atoms with E-state index in [-0.39, 0.29) is 5.88 Å². The summed E-state index contributed by atoms with van der Waals surface area (Å²) in [5.41, 5.74) is 2.89. The quantitative estimate of drug-likeness (QED) is 0.583. The summed E-state index contributed by atoms with van der Waals surface area (Å²) in [6.45, 7) is 0. The molecular formula is C15H8BrCl2N3. The molecule has 3 aromatic rings. The Kier molecular flexibility index (Phi) is 3.90. The number of rotatable bonds is 2. The van der Waals surface area contributed by atoms with Gasteiger partial charge in [-0.1, -0.05) is 27.5 Å². The molecule has 2 aromatic carbocycles. The molecule has 0 N–H and O–H groups in total. The molecule has 0 aliphatic heterocycles. The monoisotopic (exact) mass is 379 g/mol. The first-order valence-electron chi connectivity index (χ1n) is 6.07. The maximum absolute atomic E-state index is 9.34. The van der Waals surface area contributed by atoms with E-state index in [4.69, 9.17) is 23.2 Å². The van der Waals surface area contributed by atoms with Gasteiger partial charge in [-0.25, -0.2) is 4.98 Å². The zero-order valence-electron chi connectivity index (χ0n) is 10.6. The van der Waals surface area contributed by atoms with E-state index in [1.165, 1.54) is 0 Å². The minimum atomic E-state index is 0.240.